The fourth-order valence-electron chi connectivity index (χ4n) is 5.95. The SMILES string of the molecule is CC(C)(C)[C@H](c1nc(-c2cc(F)ccc2F)nn1Cc1cccc(F)c1)N(CC1CN(C(=O)O)CC1F)C(=O)C1CCCO1. The summed E-state index contributed by atoms with van der Waals surface area (Å²) in [5.74, 6) is -3.15. The summed E-state index contributed by atoms with van der Waals surface area (Å²) in [5.41, 5.74) is -0.482. The molecule has 2 aliphatic rings. The van der Waals surface area contributed by atoms with Crippen LogP contribution in [0.5, 0.6) is 0 Å². The van der Waals surface area contributed by atoms with E-state index in [0.29, 0.717) is 25.0 Å². The van der Waals surface area contributed by atoms with E-state index in [2.05, 4.69) is 10.1 Å². The van der Waals surface area contributed by atoms with Crippen molar-refractivity contribution in [2.75, 3.05) is 26.2 Å². The van der Waals surface area contributed by atoms with Gasteiger partial charge in [-0.25, -0.2) is 32.0 Å². The predicted octanol–water partition coefficient (Wildman–Crippen LogP) is 5.45. The molecule has 5 rings (SSSR count). The predicted molar refractivity (Wildman–Crippen MR) is 152 cm³/mol. The van der Waals surface area contributed by atoms with Gasteiger partial charge in [0.05, 0.1) is 24.7 Å². The molecule has 1 aromatic heterocycles. The number of likely N-dealkylation sites (tertiary alicyclic amines) is 1. The maximum Gasteiger partial charge on any atom is 0.407 e. The molecular weight excluding hydrogens is 582 g/mol. The fourth-order valence-corrected chi connectivity index (χ4v) is 5.95. The van der Waals surface area contributed by atoms with Gasteiger partial charge in [-0.2, -0.15) is 5.10 Å². The highest BCUT2D eigenvalue weighted by Gasteiger charge is 2.45. The van der Waals surface area contributed by atoms with Crippen molar-refractivity contribution in [3.63, 3.8) is 0 Å². The Morgan fingerprint density at radius 3 is 2.50 bits per heavy atom. The van der Waals surface area contributed by atoms with E-state index in [1.165, 1.54) is 27.8 Å². The Kier molecular flexibility index (Phi) is 8.96. The molecule has 2 fully saturated rings. The molecule has 0 radical (unpaired) electrons. The molecule has 0 aliphatic carbocycles. The number of hydrogen-bond acceptors (Lipinski definition) is 5. The molecule has 0 spiro atoms. The number of nitrogens with zero attached hydrogens (tertiary/aromatic N) is 5. The van der Waals surface area contributed by atoms with Crippen molar-refractivity contribution in [1.29, 1.82) is 0 Å². The third kappa shape index (κ3) is 6.72. The maximum absolute atomic E-state index is 15.3. The maximum atomic E-state index is 15.3. The minimum atomic E-state index is -1.52. The van der Waals surface area contributed by atoms with Crippen molar-refractivity contribution in [2.45, 2.75) is 58.5 Å². The van der Waals surface area contributed by atoms with Crippen LogP contribution >= 0.6 is 0 Å². The molecule has 2 saturated heterocycles. The van der Waals surface area contributed by atoms with E-state index in [0.717, 1.165) is 23.1 Å². The van der Waals surface area contributed by atoms with Gasteiger partial charge in [0.25, 0.3) is 5.91 Å². The number of hydrogen-bond donors (Lipinski definition) is 1. The molecule has 1 N–H and O–H groups in total. The van der Waals surface area contributed by atoms with Crippen LogP contribution in [0.2, 0.25) is 0 Å². The smallest absolute Gasteiger partial charge is 0.407 e. The van der Waals surface area contributed by atoms with E-state index >= 15 is 4.39 Å². The number of ether oxygens (including phenoxy) is 1. The summed E-state index contributed by atoms with van der Waals surface area (Å²) < 4.78 is 65.7. The van der Waals surface area contributed by atoms with Crippen LogP contribution in [0.3, 0.4) is 0 Å². The Bertz CT molecular complexity index is 1520. The quantitative estimate of drug-likeness (QED) is 0.338. The normalized spacial score (nSPS) is 21.1. The zero-order valence-electron chi connectivity index (χ0n) is 24.7. The molecule has 2 aliphatic heterocycles. The van der Waals surface area contributed by atoms with Gasteiger partial charge in [0, 0.05) is 25.6 Å². The second-order valence-corrected chi connectivity index (χ2v) is 12.4. The lowest BCUT2D eigenvalue weighted by atomic mass is 9.83. The number of benzene rings is 2. The van der Waals surface area contributed by atoms with Crippen LogP contribution in [0.25, 0.3) is 11.4 Å². The molecule has 3 aromatic rings. The molecule has 0 bridgehead atoms. The van der Waals surface area contributed by atoms with Gasteiger partial charge >= 0.3 is 6.09 Å². The molecular formula is C31H35F4N5O4. The zero-order valence-corrected chi connectivity index (χ0v) is 24.7. The van der Waals surface area contributed by atoms with Crippen LogP contribution in [-0.2, 0) is 16.1 Å². The average Bonchev–Trinajstić information content (AvgIpc) is 3.70. The summed E-state index contributed by atoms with van der Waals surface area (Å²) >= 11 is 0. The molecule has 0 saturated carbocycles. The number of alkyl halides is 1. The minimum absolute atomic E-state index is 0.0203. The van der Waals surface area contributed by atoms with Gasteiger partial charge in [0.1, 0.15) is 29.7 Å². The summed E-state index contributed by atoms with van der Waals surface area (Å²) in [7, 11) is 0. The zero-order chi connectivity index (χ0) is 31.8. The fraction of sp³-hybridized carbons (Fsp3) is 0.484. The Morgan fingerprint density at radius 2 is 1.86 bits per heavy atom. The van der Waals surface area contributed by atoms with Crippen molar-refractivity contribution in [3.05, 3.63) is 71.3 Å². The first-order valence-electron chi connectivity index (χ1n) is 14.5. The lowest BCUT2D eigenvalue weighted by Gasteiger charge is -2.41. The first-order chi connectivity index (χ1) is 20.8. The molecule has 9 nitrogen and oxygen atoms in total. The highest BCUT2D eigenvalue weighted by atomic mass is 19.1. The van der Waals surface area contributed by atoms with Crippen LogP contribution in [0, 0.1) is 28.8 Å². The van der Waals surface area contributed by atoms with Crippen molar-refractivity contribution in [3.8, 4) is 11.4 Å². The van der Waals surface area contributed by atoms with E-state index in [1.54, 1.807) is 6.07 Å². The molecule has 2 aromatic carbocycles. The molecule has 3 heterocycles. The van der Waals surface area contributed by atoms with E-state index in [1.807, 2.05) is 20.8 Å². The third-order valence-electron chi connectivity index (χ3n) is 8.02. The van der Waals surface area contributed by atoms with Gasteiger partial charge in [-0.3, -0.25) is 4.79 Å². The van der Waals surface area contributed by atoms with Crippen molar-refractivity contribution in [1.82, 2.24) is 24.6 Å². The monoisotopic (exact) mass is 617 g/mol. The first kappa shape index (κ1) is 31.4. The van der Waals surface area contributed by atoms with Gasteiger partial charge in [0.2, 0.25) is 0 Å². The van der Waals surface area contributed by atoms with E-state index < -0.39 is 59.1 Å². The van der Waals surface area contributed by atoms with Crippen molar-refractivity contribution in [2.24, 2.45) is 11.3 Å². The Morgan fingerprint density at radius 1 is 1.11 bits per heavy atom. The van der Waals surface area contributed by atoms with Crippen molar-refractivity contribution >= 4 is 12.0 Å². The van der Waals surface area contributed by atoms with Crippen LogP contribution in [-0.4, -0.2) is 80.2 Å². The number of carbonyl (C=O) groups excluding carboxylic acids is 1. The van der Waals surface area contributed by atoms with Crippen LogP contribution in [0.1, 0.15) is 51.0 Å². The van der Waals surface area contributed by atoms with E-state index in [-0.39, 0.29) is 43.4 Å². The van der Waals surface area contributed by atoms with Gasteiger partial charge in [-0.1, -0.05) is 32.9 Å². The molecule has 13 heteroatoms. The second kappa shape index (κ2) is 12.5. The van der Waals surface area contributed by atoms with Crippen LogP contribution in [0.15, 0.2) is 42.5 Å². The Hall–Kier alpha value is -4.00. The largest absolute Gasteiger partial charge is 0.465 e. The summed E-state index contributed by atoms with van der Waals surface area (Å²) in [6.07, 6.45) is -2.46. The topological polar surface area (TPSA) is 101 Å². The number of rotatable bonds is 8. The second-order valence-electron chi connectivity index (χ2n) is 12.4. The average molecular weight is 618 g/mol. The van der Waals surface area contributed by atoms with Crippen molar-refractivity contribution < 1.29 is 37.0 Å². The van der Waals surface area contributed by atoms with Crippen LogP contribution < -0.4 is 0 Å². The summed E-state index contributed by atoms with van der Waals surface area (Å²) in [6.45, 7) is 5.33. The van der Waals surface area contributed by atoms with E-state index in [9.17, 15) is 27.9 Å². The molecule has 236 valence electrons. The van der Waals surface area contributed by atoms with Gasteiger partial charge < -0.3 is 19.6 Å². The summed E-state index contributed by atoms with van der Waals surface area (Å²) in [6, 6.07) is 7.78. The summed E-state index contributed by atoms with van der Waals surface area (Å²) in [4.78, 5) is 32.9. The number of amides is 2. The first-order valence-corrected chi connectivity index (χ1v) is 14.5. The van der Waals surface area contributed by atoms with Gasteiger partial charge in [0.15, 0.2) is 11.6 Å². The van der Waals surface area contributed by atoms with Crippen LogP contribution in [0.4, 0.5) is 22.4 Å². The number of aromatic nitrogens is 3. The number of carbonyl (C=O) groups is 2. The molecule has 4 atom stereocenters. The highest BCUT2D eigenvalue weighted by Crippen LogP contribution is 2.41. The number of carboxylic acid groups (broad SMARTS) is 1. The number of halogens is 4. The molecule has 2 amide bonds. The molecule has 3 unspecified atom stereocenters. The van der Waals surface area contributed by atoms with Gasteiger partial charge in [-0.15, -0.1) is 0 Å². The lowest BCUT2D eigenvalue weighted by Crippen LogP contribution is -2.49. The molecule has 44 heavy (non-hydrogen) atoms. The Balaban J connectivity index is 1.64. The summed E-state index contributed by atoms with van der Waals surface area (Å²) in [5, 5.41) is 14.0. The standard InChI is InChI=1S/C31H35F4N5O4/c1-31(2,3)26(39(29(41)25-8-5-11-44-25)16-19-15-38(30(42)43)17-24(19)35)28-36-27(22-13-21(33)9-10-23(22)34)37-40(28)14-18-6-4-7-20(32)12-18/h4,6-7,9-10,12-13,19,24-26H,5,8,11,14-17H2,1-3H3,(H,42,43)/t19?,24?,25?,26-/m0/s1. The Labute approximate surface area is 252 Å². The third-order valence-corrected chi connectivity index (χ3v) is 8.02. The van der Waals surface area contributed by atoms with E-state index in [4.69, 9.17) is 4.74 Å². The lowest BCUT2D eigenvalue weighted by molar-refractivity contribution is -0.147. The highest BCUT2D eigenvalue weighted by molar-refractivity contribution is 5.81. The van der Waals surface area contributed by atoms with Gasteiger partial charge in [-0.05, 0) is 54.2 Å². The minimum Gasteiger partial charge on any atom is -0.465 e.